The van der Waals surface area contributed by atoms with Crippen LogP contribution in [0.3, 0.4) is 0 Å². The Hall–Kier alpha value is -2.80. The summed E-state index contributed by atoms with van der Waals surface area (Å²) >= 11 is 0. The zero-order chi connectivity index (χ0) is 20.4. The molecule has 7 heteroatoms. The van der Waals surface area contributed by atoms with Gasteiger partial charge < -0.3 is 10.2 Å². The highest BCUT2D eigenvalue weighted by atomic mass is 19.2. The number of hydrogen-bond acceptors (Lipinski definition) is 3. The highest BCUT2D eigenvalue weighted by molar-refractivity contribution is 5.89. The first-order valence-corrected chi connectivity index (χ1v) is 9.82. The molecule has 0 saturated carbocycles. The summed E-state index contributed by atoms with van der Waals surface area (Å²) in [5.74, 6) is -2.18. The fourth-order valence-corrected chi connectivity index (χ4v) is 4.07. The normalized spacial score (nSPS) is 19.6. The highest BCUT2D eigenvalue weighted by Crippen LogP contribution is 2.22. The minimum absolute atomic E-state index is 0.0188. The summed E-state index contributed by atoms with van der Waals surface area (Å²) in [6, 6.07) is 11.4. The molecule has 1 fully saturated rings. The molecule has 0 aromatic heterocycles. The first kappa shape index (κ1) is 19.5. The predicted octanol–water partition coefficient (Wildman–Crippen LogP) is 2.24. The molecule has 2 aliphatic rings. The molecule has 2 aromatic rings. The highest BCUT2D eigenvalue weighted by Gasteiger charge is 2.34. The molecule has 2 amide bonds. The van der Waals surface area contributed by atoms with Crippen LogP contribution in [-0.2, 0) is 29.1 Å². The van der Waals surface area contributed by atoms with E-state index in [4.69, 9.17) is 0 Å². The van der Waals surface area contributed by atoms with E-state index < -0.39 is 17.7 Å². The number of carbonyl (C=O) groups is 2. The third-order valence-corrected chi connectivity index (χ3v) is 5.70. The summed E-state index contributed by atoms with van der Waals surface area (Å²) in [4.78, 5) is 28.9. The fraction of sp³-hybridized carbons (Fsp3) is 0.364. The lowest BCUT2D eigenvalue weighted by molar-refractivity contribution is -0.139. The molecule has 2 aliphatic heterocycles. The van der Waals surface area contributed by atoms with Gasteiger partial charge in [0.1, 0.15) is 0 Å². The molecule has 1 N–H and O–H groups in total. The molecule has 2 heterocycles. The molecule has 4 rings (SSSR count). The van der Waals surface area contributed by atoms with Crippen LogP contribution in [-0.4, -0.2) is 47.3 Å². The zero-order valence-electron chi connectivity index (χ0n) is 16.0. The Labute approximate surface area is 168 Å². The molecule has 0 aliphatic carbocycles. The van der Waals surface area contributed by atoms with Crippen molar-refractivity contribution in [2.75, 3.05) is 19.6 Å². The van der Waals surface area contributed by atoms with E-state index in [0.717, 1.165) is 18.1 Å². The summed E-state index contributed by atoms with van der Waals surface area (Å²) in [6.45, 7) is 2.11. The smallest absolute Gasteiger partial charge is 0.237 e. The van der Waals surface area contributed by atoms with E-state index in [9.17, 15) is 18.4 Å². The summed E-state index contributed by atoms with van der Waals surface area (Å²) in [5, 5.41) is 2.78. The average molecular weight is 399 g/mol. The number of amides is 2. The third-order valence-electron chi connectivity index (χ3n) is 5.70. The Morgan fingerprint density at radius 2 is 1.86 bits per heavy atom. The van der Waals surface area contributed by atoms with Crippen molar-refractivity contribution in [1.29, 1.82) is 0 Å². The largest absolute Gasteiger partial charge is 0.353 e. The van der Waals surface area contributed by atoms with Gasteiger partial charge in [-0.15, -0.1) is 0 Å². The van der Waals surface area contributed by atoms with Crippen LogP contribution in [0.15, 0.2) is 42.5 Å². The molecule has 2 aromatic carbocycles. The van der Waals surface area contributed by atoms with E-state index in [1.54, 1.807) is 9.80 Å². The monoisotopic (exact) mass is 399 g/mol. The maximum absolute atomic E-state index is 14.1. The van der Waals surface area contributed by atoms with E-state index in [0.29, 0.717) is 26.2 Å². The summed E-state index contributed by atoms with van der Waals surface area (Å²) in [7, 11) is 0. The quantitative estimate of drug-likeness (QED) is 0.858. The number of carbonyl (C=O) groups excluding carboxylic acids is 2. The Bertz CT molecular complexity index is 934. The van der Waals surface area contributed by atoms with Crippen molar-refractivity contribution in [3.8, 4) is 0 Å². The molecule has 5 nitrogen and oxygen atoms in total. The topological polar surface area (TPSA) is 52.7 Å². The maximum Gasteiger partial charge on any atom is 0.237 e. The molecular weight excluding hydrogens is 376 g/mol. The zero-order valence-corrected chi connectivity index (χ0v) is 16.0. The van der Waals surface area contributed by atoms with Crippen molar-refractivity contribution in [2.24, 2.45) is 0 Å². The van der Waals surface area contributed by atoms with Crippen molar-refractivity contribution < 1.29 is 18.4 Å². The standard InChI is InChI=1S/C22H23F2N3O2/c23-18-7-3-6-17(21(18)24)14-26-11-9-25-22(29)19(26)12-20(28)27-10-8-15-4-1-2-5-16(15)13-27/h1-7,19H,8-14H2,(H,25,29). The lowest BCUT2D eigenvalue weighted by atomic mass is 9.99. The van der Waals surface area contributed by atoms with Crippen LogP contribution in [0.2, 0.25) is 0 Å². The minimum atomic E-state index is -0.913. The van der Waals surface area contributed by atoms with Crippen LogP contribution in [0.1, 0.15) is 23.1 Å². The van der Waals surface area contributed by atoms with Gasteiger partial charge in [-0.25, -0.2) is 8.78 Å². The van der Waals surface area contributed by atoms with E-state index >= 15 is 0 Å². The van der Waals surface area contributed by atoms with Crippen molar-refractivity contribution in [2.45, 2.75) is 32.0 Å². The van der Waals surface area contributed by atoms with Crippen LogP contribution in [0.4, 0.5) is 8.78 Å². The van der Waals surface area contributed by atoms with E-state index in [1.165, 1.54) is 17.7 Å². The lowest BCUT2D eigenvalue weighted by Crippen LogP contribution is -2.56. The maximum atomic E-state index is 14.1. The summed E-state index contributed by atoms with van der Waals surface area (Å²) in [6.07, 6.45) is 0.807. The molecule has 1 saturated heterocycles. The Balaban J connectivity index is 1.47. The van der Waals surface area contributed by atoms with E-state index in [-0.39, 0.29) is 30.3 Å². The van der Waals surface area contributed by atoms with Gasteiger partial charge in [0.2, 0.25) is 11.8 Å². The van der Waals surface area contributed by atoms with Crippen LogP contribution in [0, 0.1) is 11.6 Å². The van der Waals surface area contributed by atoms with Crippen LogP contribution in [0.5, 0.6) is 0 Å². The Morgan fingerprint density at radius 1 is 1.07 bits per heavy atom. The number of benzene rings is 2. The molecule has 0 spiro atoms. The molecule has 152 valence electrons. The number of fused-ring (bicyclic) bond motifs is 1. The van der Waals surface area contributed by atoms with Gasteiger partial charge in [0.25, 0.3) is 0 Å². The van der Waals surface area contributed by atoms with Gasteiger partial charge in [-0.3, -0.25) is 14.5 Å². The van der Waals surface area contributed by atoms with Crippen molar-refractivity contribution in [3.05, 3.63) is 70.8 Å². The fourth-order valence-electron chi connectivity index (χ4n) is 4.07. The molecule has 1 atom stereocenters. The van der Waals surface area contributed by atoms with Crippen molar-refractivity contribution >= 4 is 11.8 Å². The number of nitrogens with one attached hydrogen (secondary N) is 1. The van der Waals surface area contributed by atoms with Crippen molar-refractivity contribution in [3.63, 3.8) is 0 Å². The lowest BCUT2D eigenvalue weighted by Gasteiger charge is -2.36. The van der Waals surface area contributed by atoms with Gasteiger partial charge >= 0.3 is 0 Å². The predicted molar refractivity (Wildman–Crippen MR) is 104 cm³/mol. The van der Waals surface area contributed by atoms with Crippen LogP contribution in [0.25, 0.3) is 0 Å². The van der Waals surface area contributed by atoms with Crippen LogP contribution < -0.4 is 5.32 Å². The molecular formula is C22H23F2N3O2. The summed E-state index contributed by atoms with van der Waals surface area (Å²) < 4.78 is 27.6. The second-order valence-corrected chi connectivity index (χ2v) is 7.53. The Kier molecular flexibility index (Phi) is 5.58. The van der Waals surface area contributed by atoms with Gasteiger partial charge in [0.15, 0.2) is 11.6 Å². The van der Waals surface area contributed by atoms with E-state index in [2.05, 4.69) is 11.4 Å². The van der Waals surface area contributed by atoms with Crippen LogP contribution >= 0.6 is 0 Å². The second-order valence-electron chi connectivity index (χ2n) is 7.53. The Morgan fingerprint density at radius 3 is 2.69 bits per heavy atom. The van der Waals surface area contributed by atoms with Gasteiger partial charge in [-0.1, -0.05) is 36.4 Å². The van der Waals surface area contributed by atoms with Gasteiger partial charge in [-0.05, 0) is 23.6 Å². The first-order valence-electron chi connectivity index (χ1n) is 9.82. The average Bonchev–Trinajstić information content (AvgIpc) is 2.73. The van der Waals surface area contributed by atoms with Gasteiger partial charge in [0.05, 0.1) is 12.5 Å². The third kappa shape index (κ3) is 4.15. The number of piperazine rings is 1. The van der Waals surface area contributed by atoms with E-state index in [1.807, 2.05) is 18.2 Å². The number of nitrogens with zero attached hydrogens (tertiary/aromatic N) is 2. The molecule has 0 radical (unpaired) electrons. The minimum Gasteiger partial charge on any atom is -0.353 e. The number of rotatable bonds is 4. The first-order chi connectivity index (χ1) is 14.0. The van der Waals surface area contributed by atoms with Crippen molar-refractivity contribution in [1.82, 2.24) is 15.1 Å². The molecule has 1 unspecified atom stereocenters. The number of halogens is 2. The number of hydrogen-bond donors (Lipinski definition) is 1. The summed E-state index contributed by atoms with van der Waals surface area (Å²) in [5.41, 5.74) is 2.55. The van der Waals surface area contributed by atoms with Gasteiger partial charge in [0, 0.05) is 38.3 Å². The second kappa shape index (κ2) is 8.29. The molecule has 29 heavy (non-hydrogen) atoms. The molecule has 0 bridgehead atoms. The SMILES string of the molecule is O=C1NCCN(Cc2cccc(F)c2F)C1CC(=O)N1CCc2ccccc2C1. The van der Waals surface area contributed by atoms with Gasteiger partial charge in [-0.2, -0.15) is 0 Å².